The normalized spacial score (nSPS) is 15.9. The number of fused-ring (bicyclic) bond motifs is 1. The largest absolute Gasteiger partial charge is 0.492 e. The van der Waals surface area contributed by atoms with E-state index in [0.717, 1.165) is 12.1 Å². The average Bonchev–Trinajstić information content (AvgIpc) is 3.27. The molecule has 2 amide bonds. The number of ether oxygens (including phenoxy) is 2. The highest BCUT2D eigenvalue weighted by Crippen LogP contribution is 2.36. The Hall–Kier alpha value is -4.56. The van der Waals surface area contributed by atoms with Gasteiger partial charge in [0.1, 0.15) is 6.61 Å². The lowest BCUT2D eigenvalue weighted by Crippen LogP contribution is -2.53. The molecule has 2 aliphatic rings. The van der Waals surface area contributed by atoms with E-state index in [1.54, 1.807) is 35.6 Å². The second-order valence-electron chi connectivity index (χ2n) is 9.82. The van der Waals surface area contributed by atoms with Crippen LogP contribution in [-0.2, 0) is 11.2 Å². The number of hydrogen-bond acceptors (Lipinski definition) is 7. The van der Waals surface area contributed by atoms with Crippen molar-refractivity contribution in [2.24, 2.45) is 0 Å². The van der Waals surface area contributed by atoms with Crippen molar-refractivity contribution < 1.29 is 23.5 Å². The van der Waals surface area contributed by atoms with Gasteiger partial charge in [-0.3, -0.25) is 19.5 Å². The maximum Gasteiger partial charge on any atom is 0.298 e. The molecule has 208 valence electrons. The number of benzene rings is 1. The minimum atomic E-state index is -0.512. The summed E-state index contributed by atoms with van der Waals surface area (Å²) >= 11 is 0. The third-order valence-electron chi connectivity index (χ3n) is 6.87. The van der Waals surface area contributed by atoms with E-state index in [-0.39, 0.29) is 30.2 Å². The number of carbonyl (C=O) groups is 2. The van der Waals surface area contributed by atoms with Gasteiger partial charge in [-0.05, 0) is 44.6 Å². The van der Waals surface area contributed by atoms with Gasteiger partial charge in [-0.15, -0.1) is 0 Å². The van der Waals surface area contributed by atoms with Crippen LogP contribution in [0.2, 0.25) is 0 Å². The maximum absolute atomic E-state index is 14.3. The lowest BCUT2D eigenvalue weighted by molar-refractivity contribution is -0.133. The number of rotatable bonds is 8. The number of halogens is 1. The number of nitrogens with one attached hydrogen (secondary N) is 2. The van der Waals surface area contributed by atoms with E-state index >= 15 is 0 Å². The number of hydrogen-bond donors (Lipinski definition) is 2. The molecular formula is C29H31FN6O4. The van der Waals surface area contributed by atoms with E-state index < -0.39 is 5.82 Å². The molecule has 2 aromatic heterocycles. The van der Waals surface area contributed by atoms with Crippen molar-refractivity contribution in [1.29, 1.82) is 0 Å². The zero-order chi connectivity index (χ0) is 28.2. The summed E-state index contributed by atoms with van der Waals surface area (Å²) in [6.07, 6.45) is 6.47. The number of carbonyl (C=O) groups excluding carboxylic acids is 2. The van der Waals surface area contributed by atoms with Crippen molar-refractivity contribution in [1.82, 2.24) is 24.7 Å². The fourth-order valence-electron chi connectivity index (χ4n) is 4.79. The molecule has 11 heteroatoms. The molecule has 0 unspecified atom stereocenters. The highest BCUT2D eigenvalue weighted by Gasteiger charge is 2.33. The Bertz CT molecular complexity index is 1490. The summed E-state index contributed by atoms with van der Waals surface area (Å²) in [6.45, 7) is 1.92. The Morgan fingerprint density at radius 1 is 1.30 bits per heavy atom. The van der Waals surface area contributed by atoms with Gasteiger partial charge in [0.2, 0.25) is 0 Å². The molecular weight excluding hydrogens is 515 g/mol. The summed E-state index contributed by atoms with van der Waals surface area (Å²) in [6, 6.07) is 6.29. The van der Waals surface area contributed by atoms with Gasteiger partial charge in [0, 0.05) is 37.6 Å². The highest BCUT2D eigenvalue weighted by atomic mass is 19.1. The Balaban J connectivity index is 1.40. The van der Waals surface area contributed by atoms with E-state index in [0.29, 0.717) is 54.4 Å². The Labute approximate surface area is 232 Å². The van der Waals surface area contributed by atoms with Crippen LogP contribution in [0.4, 0.5) is 15.8 Å². The number of aromatic nitrogens is 2. The van der Waals surface area contributed by atoms with Gasteiger partial charge in [0.25, 0.3) is 11.8 Å². The maximum atomic E-state index is 14.3. The molecule has 0 bridgehead atoms. The first-order valence-corrected chi connectivity index (χ1v) is 13.0. The number of nitrogens with zero attached hydrogens (tertiary/aromatic N) is 4. The van der Waals surface area contributed by atoms with E-state index in [1.807, 2.05) is 29.6 Å². The predicted molar refractivity (Wildman–Crippen MR) is 148 cm³/mol. The number of likely N-dealkylation sites (tertiary alicyclic amines) is 1. The van der Waals surface area contributed by atoms with E-state index in [4.69, 9.17) is 9.47 Å². The molecule has 1 saturated heterocycles. The first kappa shape index (κ1) is 27.0. The van der Waals surface area contributed by atoms with Crippen molar-refractivity contribution >= 4 is 23.2 Å². The quantitative estimate of drug-likeness (QED) is 0.419. The standard InChI is InChI=1S/C29H31FN6O4/c1-34(2)14-5-8-26(37)35-15-11-19(35)18-40-25-16-31-12-9-23(25)36-17-22(27-24(36)10-13-32-29(27)38)33-21-7-4-6-20(30)28(21)39-3/h4,6-7,9,12,16-17,19,33H,10-11,13-15,18H2,1-3H3,(H,32,38)/t19-/m1/s1. The molecule has 1 atom stereocenters. The topological polar surface area (TPSA) is 101 Å². The number of anilines is 2. The smallest absolute Gasteiger partial charge is 0.298 e. The van der Waals surface area contributed by atoms with Gasteiger partial charge in [0.05, 0.1) is 48.5 Å². The molecule has 0 spiro atoms. The van der Waals surface area contributed by atoms with Gasteiger partial charge in [-0.25, -0.2) is 4.39 Å². The molecule has 5 rings (SSSR count). The van der Waals surface area contributed by atoms with Crippen molar-refractivity contribution in [3.8, 4) is 29.0 Å². The lowest BCUT2D eigenvalue weighted by atomic mass is 10.0. The molecule has 0 radical (unpaired) electrons. The first-order chi connectivity index (χ1) is 19.4. The molecule has 0 saturated carbocycles. The van der Waals surface area contributed by atoms with Crippen LogP contribution in [0, 0.1) is 17.7 Å². The Kier molecular flexibility index (Phi) is 7.89. The summed E-state index contributed by atoms with van der Waals surface area (Å²) < 4.78 is 27.7. The van der Waals surface area contributed by atoms with E-state index in [2.05, 4.69) is 27.5 Å². The molecule has 1 fully saturated rings. The summed E-state index contributed by atoms with van der Waals surface area (Å²) in [7, 11) is 5.19. The van der Waals surface area contributed by atoms with Crippen molar-refractivity contribution in [2.75, 3.05) is 52.8 Å². The van der Waals surface area contributed by atoms with Crippen molar-refractivity contribution in [3.63, 3.8) is 0 Å². The van der Waals surface area contributed by atoms with Gasteiger partial charge < -0.3 is 29.6 Å². The van der Waals surface area contributed by atoms with Crippen LogP contribution in [0.1, 0.15) is 22.5 Å². The fraction of sp³-hybridized carbons (Fsp3) is 0.345. The molecule has 0 aliphatic carbocycles. The first-order valence-electron chi connectivity index (χ1n) is 13.0. The zero-order valence-electron chi connectivity index (χ0n) is 22.7. The van der Waals surface area contributed by atoms with Crippen molar-refractivity contribution in [2.45, 2.75) is 18.9 Å². The molecule has 4 heterocycles. The van der Waals surface area contributed by atoms with Crippen LogP contribution in [0.15, 0.2) is 42.9 Å². The molecule has 2 aliphatic heterocycles. The van der Waals surface area contributed by atoms with Crippen LogP contribution in [0.3, 0.4) is 0 Å². The SMILES string of the molecule is COc1c(F)cccc1Nc1cn(-c2ccncc2OC[C@H]2CCN2C(=O)C#CCN(C)C)c2c1C(=O)NCC2. The summed E-state index contributed by atoms with van der Waals surface area (Å²) in [5, 5.41) is 6.06. The van der Waals surface area contributed by atoms with Crippen molar-refractivity contribution in [3.05, 3.63) is 59.9 Å². The number of methoxy groups -OCH3 is 1. The second kappa shape index (κ2) is 11.7. The number of para-hydroxylation sites is 1. The van der Waals surface area contributed by atoms with E-state index in [1.165, 1.54) is 13.2 Å². The highest BCUT2D eigenvalue weighted by molar-refractivity contribution is 6.03. The second-order valence-corrected chi connectivity index (χ2v) is 9.82. The number of amides is 2. The zero-order valence-corrected chi connectivity index (χ0v) is 22.7. The minimum Gasteiger partial charge on any atom is -0.492 e. The van der Waals surface area contributed by atoms with Crippen LogP contribution < -0.4 is 20.1 Å². The summed E-state index contributed by atoms with van der Waals surface area (Å²) in [5.41, 5.74) is 2.85. The molecule has 1 aromatic carbocycles. The molecule has 3 aromatic rings. The minimum absolute atomic E-state index is 0.0548. The number of pyridine rings is 1. The average molecular weight is 547 g/mol. The van der Waals surface area contributed by atoms with Gasteiger partial charge in [-0.2, -0.15) is 0 Å². The third-order valence-corrected chi connectivity index (χ3v) is 6.87. The molecule has 2 N–H and O–H groups in total. The lowest BCUT2D eigenvalue weighted by Gasteiger charge is -2.39. The van der Waals surface area contributed by atoms with Gasteiger partial charge in [-0.1, -0.05) is 12.0 Å². The monoisotopic (exact) mass is 546 g/mol. The van der Waals surface area contributed by atoms with Gasteiger partial charge in [0.15, 0.2) is 17.3 Å². The van der Waals surface area contributed by atoms with Crippen LogP contribution in [0.5, 0.6) is 11.5 Å². The molecule has 40 heavy (non-hydrogen) atoms. The Morgan fingerprint density at radius 3 is 2.90 bits per heavy atom. The van der Waals surface area contributed by atoms with Crippen LogP contribution in [-0.4, -0.2) is 84.7 Å². The van der Waals surface area contributed by atoms with E-state index in [9.17, 15) is 14.0 Å². The molecule has 10 nitrogen and oxygen atoms in total. The van der Waals surface area contributed by atoms with Crippen LogP contribution >= 0.6 is 0 Å². The van der Waals surface area contributed by atoms with Gasteiger partial charge >= 0.3 is 0 Å². The third kappa shape index (κ3) is 5.44. The Morgan fingerprint density at radius 2 is 2.15 bits per heavy atom. The summed E-state index contributed by atoms with van der Waals surface area (Å²) in [4.78, 5) is 33.3. The fourth-order valence-corrected chi connectivity index (χ4v) is 4.79. The summed E-state index contributed by atoms with van der Waals surface area (Å²) in [5.74, 6) is 5.21. The van der Waals surface area contributed by atoms with Crippen LogP contribution in [0.25, 0.3) is 5.69 Å². The predicted octanol–water partition coefficient (Wildman–Crippen LogP) is 2.59.